The van der Waals surface area contributed by atoms with E-state index in [0.29, 0.717) is 11.7 Å². The minimum absolute atomic E-state index is 0.234. The summed E-state index contributed by atoms with van der Waals surface area (Å²) in [6.45, 7) is 12.2. The van der Waals surface area contributed by atoms with Gasteiger partial charge in [-0.05, 0) is 62.6 Å². The second-order valence-electron chi connectivity index (χ2n) is 6.48. The lowest BCUT2D eigenvalue weighted by atomic mass is 10.1. The van der Waals surface area contributed by atoms with E-state index in [0.717, 1.165) is 28.3 Å². The SMILES string of the molecule is C=C(C)Nc1cc(-c2noc(COc3ccc(C)c(C)c3)n2)ccc1C. The smallest absolute Gasteiger partial charge is 0.264 e. The average molecular weight is 349 g/mol. The maximum atomic E-state index is 5.75. The molecule has 2 aromatic carbocycles. The highest BCUT2D eigenvalue weighted by atomic mass is 16.5. The molecule has 0 fully saturated rings. The first-order valence-corrected chi connectivity index (χ1v) is 8.48. The Hall–Kier alpha value is -3.08. The number of hydrogen-bond acceptors (Lipinski definition) is 5. The van der Waals surface area contributed by atoms with Crippen LogP contribution in [0.5, 0.6) is 5.75 Å². The molecule has 0 spiro atoms. The molecule has 0 radical (unpaired) electrons. The van der Waals surface area contributed by atoms with Crippen LogP contribution in [0, 0.1) is 20.8 Å². The molecule has 5 nitrogen and oxygen atoms in total. The third-order valence-corrected chi connectivity index (χ3v) is 4.15. The molecule has 3 aromatic rings. The predicted octanol–water partition coefficient (Wildman–Crippen LogP) is 5.19. The summed E-state index contributed by atoms with van der Waals surface area (Å²) in [5.41, 5.74) is 6.27. The van der Waals surface area contributed by atoms with Gasteiger partial charge in [-0.1, -0.05) is 29.9 Å². The van der Waals surface area contributed by atoms with Crippen molar-refractivity contribution in [1.82, 2.24) is 10.1 Å². The summed E-state index contributed by atoms with van der Waals surface area (Å²) >= 11 is 0. The molecule has 0 bridgehead atoms. The quantitative estimate of drug-likeness (QED) is 0.664. The van der Waals surface area contributed by atoms with Crippen LogP contribution in [0.2, 0.25) is 0 Å². The molecule has 0 aliphatic heterocycles. The minimum atomic E-state index is 0.234. The Labute approximate surface area is 153 Å². The molecule has 0 amide bonds. The molecule has 1 heterocycles. The zero-order valence-corrected chi connectivity index (χ0v) is 15.6. The summed E-state index contributed by atoms with van der Waals surface area (Å²) in [6, 6.07) is 12.0. The number of benzene rings is 2. The van der Waals surface area contributed by atoms with Gasteiger partial charge < -0.3 is 14.6 Å². The van der Waals surface area contributed by atoms with Crippen molar-refractivity contribution < 1.29 is 9.26 Å². The topological polar surface area (TPSA) is 60.2 Å². The van der Waals surface area contributed by atoms with E-state index in [1.165, 1.54) is 11.1 Å². The lowest BCUT2D eigenvalue weighted by Crippen LogP contribution is -1.97. The number of allylic oxidation sites excluding steroid dienone is 1. The third kappa shape index (κ3) is 4.11. The molecular weight excluding hydrogens is 326 g/mol. The molecule has 0 saturated heterocycles. The normalized spacial score (nSPS) is 10.6. The summed E-state index contributed by atoms with van der Waals surface area (Å²) in [5.74, 6) is 1.76. The molecule has 1 aromatic heterocycles. The number of nitrogens with one attached hydrogen (secondary N) is 1. The van der Waals surface area contributed by atoms with E-state index in [-0.39, 0.29) is 6.61 Å². The number of anilines is 1. The van der Waals surface area contributed by atoms with Crippen molar-refractivity contribution in [3.8, 4) is 17.1 Å². The fourth-order valence-corrected chi connectivity index (χ4v) is 2.51. The Bertz CT molecular complexity index is 944. The summed E-state index contributed by atoms with van der Waals surface area (Å²) in [6.07, 6.45) is 0. The standard InChI is InChI=1S/C21H23N3O2/c1-13(2)22-19-11-17(8-6-15(19)4)21-23-20(26-24-21)12-25-18-9-7-14(3)16(5)10-18/h6-11,22H,1,12H2,2-5H3. The van der Waals surface area contributed by atoms with Crippen LogP contribution < -0.4 is 10.1 Å². The van der Waals surface area contributed by atoms with Crippen molar-refractivity contribution in [3.63, 3.8) is 0 Å². The van der Waals surface area contributed by atoms with E-state index in [1.807, 2.05) is 50.2 Å². The Morgan fingerprint density at radius 1 is 1.08 bits per heavy atom. The van der Waals surface area contributed by atoms with Gasteiger partial charge in [-0.3, -0.25) is 0 Å². The fraction of sp³-hybridized carbons (Fsp3) is 0.238. The second-order valence-corrected chi connectivity index (χ2v) is 6.48. The number of rotatable bonds is 6. The molecule has 0 atom stereocenters. The highest BCUT2D eigenvalue weighted by Crippen LogP contribution is 2.25. The number of nitrogens with zero attached hydrogens (tertiary/aromatic N) is 2. The van der Waals surface area contributed by atoms with Gasteiger partial charge in [0.05, 0.1) is 0 Å². The first-order valence-electron chi connectivity index (χ1n) is 8.48. The molecular formula is C21H23N3O2. The molecule has 0 saturated carbocycles. The average Bonchev–Trinajstić information content (AvgIpc) is 3.06. The van der Waals surface area contributed by atoms with Crippen molar-refractivity contribution in [2.45, 2.75) is 34.3 Å². The van der Waals surface area contributed by atoms with Crippen LogP contribution in [0.1, 0.15) is 29.5 Å². The number of hydrogen-bond donors (Lipinski definition) is 1. The van der Waals surface area contributed by atoms with Crippen LogP contribution in [0.3, 0.4) is 0 Å². The number of ether oxygens (including phenoxy) is 1. The summed E-state index contributed by atoms with van der Waals surface area (Å²) in [4.78, 5) is 4.43. The molecule has 134 valence electrons. The van der Waals surface area contributed by atoms with Gasteiger partial charge in [0, 0.05) is 16.9 Å². The number of aryl methyl sites for hydroxylation is 3. The maximum Gasteiger partial charge on any atom is 0.264 e. The van der Waals surface area contributed by atoms with Gasteiger partial charge >= 0.3 is 0 Å². The van der Waals surface area contributed by atoms with E-state index in [2.05, 4.69) is 35.9 Å². The van der Waals surface area contributed by atoms with Gasteiger partial charge in [-0.2, -0.15) is 4.98 Å². The predicted molar refractivity (Wildman–Crippen MR) is 103 cm³/mol. The maximum absolute atomic E-state index is 5.75. The Kier molecular flexibility index (Phi) is 5.07. The first kappa shape index (κ1) is 17.7. The van der Waals surface area contributed by atoms with Gasteiger partial charge in [-0.15, -0.1) is 0 Å². The molecule has 3 rings (SSSR count). The lowest BCUT2D eigenvalue weighted by molar-refractivity contribution is 0.243. The van der Waals surface area contributed by atoms with Gasteiger partial charge in [0.2, 0.25) is 5.82 Å². The van der Waals surface area contributed by atoms with Gasteiger partial charge in [-0.25, -0.2) is 0 Å². The van der Waals surface area contributed by atoms with E-state index >= 15 is 0 Å². The third-order valence-electron chi connectivity index (χ3n) is 4.15. The molecule has 1 N–H and O–H groups in total. The van der Waals surface area contributed by atoms with Gasteiger partial charge in [0.25, 0.3) is 5.89 Å². The molecule has 5 heteroatoms. The van der Waals surface area contributed by atoms with Crippen molar-refractivity contribution in [2.75, 3.05) is 5.32 Å². The highest BCUT2D eigenvalue weighted by molar-refractivity contribution is 5.66. The minimum Gasteiger partial charge on any atom is -0.484 e. The largest absolute Gasteiger partial charge is 0.484 e. The monoisotopic (exact) mass is 349 g/mol. The van der Waals surface area contributed by atoms with Crippen LogP contribution >= 0.6 is 0 Å². The van der Waals surface area contributed by atoms with Crippen LogP contribution in [0.4, 0.5) is 5.69 Å². The highest BCUT2D eigenvalue weighted by Gasteiger charge is 2.11. The van der Waals surface area contributed by atoms with Crippen LogP contribution in [0.15, 0.2) is 53.2 Å². The van der Waals surface area contributed by atoms with Crippen molar-refractivity contribution in [2.24, 2.45) is 0 Å². The van der Waals surface area contributed by atoms with E-state index in [4.69, 9.17) is 9.26 Å². The summed E-state index contributed by atoms with van der Waals surface area (Å²) < 4.78 is 11.1. The summed E-state index contributed by atoms with van der Waals surface area (Å²) in [5, 5.41) is 7.31. The van der Waals surface area contributed by atoms with Crippen LogP contribution in [0.25, 0.3) is 11.4 Å². The fourth-order valence-electron chi connectivity index (χ4n) is 2.51. The van der Waals surface area contributed by atoms with Crippen molar-refractivity contribution in [1.29, 1.82) is 0 Å². The van der Waals surface area contributed by atoms with E-state index in [1.54, 1.807) is 0 Å². The van der Waals surface area contributed by atoms with E-state index < -0.39 is 0 Å². The van der Waals surface area contributed by atoms with Crippen molar-refractivity contribution >= 4 is 5.69 Å². The summed E-state index contributed by atoms with van der Waals surface area (Å²) in [7, 11) is 0. The van der Waals surface area contributed by atoms with E-state index in [9.17, 15) is 0 Å². The molecule has 0 unspecified atom stereocenters. The zero-order valence-electron chi connectivity index (χ0n) is 15.6. The lowest BCUT2D eigenvalue weighted by Gasteiger charge is -2.09. The van der Waals surface area contributed by atoms with Gasteiger partial charge in [0.15, 0.2) is 6.61 Å². The van der Waals surface area contributed by atoms with Crippen LogP contribution in [-0.2, 0) is 6.61 Å². The Morgan fingerprint density at radius 3 is 2.58 bits per heavy atom. The molecule has 26 heavy (non-hydrogen) atoms. The second kappa shape index (κ2) is 7.44. The molecule has 0 aliphatic rings. The Morgan fingerprint density at radius 2 is 1.85 bits per heavy atom. The van der Waals surface area contributed by atoms with Crippen molar-refractivity contribution in [3.05, 3.63) is 71.3 Å². The Balaban J connectivity index is 1.73. The molecule has 0 aliphatic carbocycles. The number of aromatic nitrogens is 2. The van der Waals surface area contributed by atoms with Crippen LogP contribution in [-0.4, -0.2) is 10.1 Å². The first-order chi connectivity index (χ1) is 12.4. The zero-order chi connectivity index (χ0) is 18.7. The van der Waals surface area contributed by atoms with Gasteiger partial charge in [0.1, 0.15) is 5.75 Å².